The molecule has 1 aromatic carbocycles. The Hall–Kier alpha value is -2.22. The molecule has 0 bridgehead atoms. The molecule has 20 heavy (non-hydrogen) atoms. The molecule has 8 heteroatoms. The van der Waals surface area contributed by atoms with Crippen LogP contribution in [0, 0.1) is 16.0 Å². The van der Waals surface area contributed by atoms with E-state index < -0.39 is 4.92 Å². The summed E-state index contributed by atoms with van der Waals surface area (Å²) in [7, 11) is 0. The Labute approximate surface area is 115 Å². The minimum absolute atomic E-state index is 0.0137. The Morgan fingerprint density at radius 1 is 1.45 bits per heavy atom. The molecule has 8 nitrogen and oxygen atoms in total. The molecule has 108 valence electrons. The Balaban J connectivity index is 2.16. The molecule has 0 aliphatic rings. The average molecular weight is 279 g/mol. The van der Waals surface area contributed by atoms with Crippen LogP contribution in [0.5, 0.6) is 0 Å². The molecule has 1 atom stereocenters. The van der Waals surface area contributed by atoms with Gasteiger partial charge < -0.3 is 11.1 Å². The third-order valence-corrected chi connectivity index (χ3v) is 2.88. The fraction of sp³-hybridized carbons (Fsp3) is 0.500. The predicted octanol–water partition coefficient (Wildman–Crippen LogP) is 1.92. The van der Waals surface area contributed by atoms with Crippen molar-refractivity contribution in [3.63, 3.8) is 0 Å². The maximum Gasteiger partial charge on any atom is 0.302 e. The molecule has 2 aromatic rings. The highest BCUT2D eigenvalue weighted by Gasteiger charge is 2.18. The molecule has 2 rings (SSSR count). The lowest BCUT2D eigenvalue weighted by molar-refractivity contribution is -0.383. The molecular formula is C12H17N5O3. The van der Waals surface area contributed by atoms with Crippen LogP contribution >= 0.6 is 0 Å². The van der Waals surface area contributed by atoms with Crippen molar-refractivity contribution in [2.75, 3.05) is 11.9 Å². The molecular weight excluding hydrogens is 262 g/mol. The first-order chi connectivity index (χ1) is 9.47. The molecule has 1 aromatic heterocycles. The zero-order valence-corrected chi connectivity index (χ0v) is 11.4. The number of nitro groups is 1. The van der Waals surface area contributed by atoms with Crippen molar-refractivity contribution in [1.82, 2.24) is 10.3 Å². The highest BCUT2D eigenvalue weighted by atomic mass is 16.6. The second-order valence-electron chi connectivity index (χ2n) is 5.15. The van der Waals surface area contributed by atoms with Crippen LogP contribution in [0.3, 0.4) is 0 Å². The van der Waals surface area contributed by atoms with Crippen LogP contribution in [0.25, 0.3) is 11.0 Å². The number of benzene rings is 1. The first-order valence-corrected chi connectivity index (χ1v) is 6.37. The second kappa shape index (κ2) is 5.83. The number of rotatable bonds is 6. The monoisotopic (exact) mass is 279 g/mol. The van der Waals surface area contributed by atoms with Gasteiger partial charge in [0, 0.05) is 24.3 Å². The maximum atomic E-state index is 11.0. The number of hydrogen-bond acceptors (Lipinski definition) is 7. The van der Waals surface area contributed by atoms with Gasteiger partial charge in [0.2, 0.25) is 5.52 Å². The van der Waals surface area contributed by atoms with Crippen LogP contribution < -0.4 is 11.1 Å². The highest BCUT2D eigenvalue weighted by molar-refractivity contribution is 5.87. The Kier molecular flexibility index (Phi) is 4.14. The normalized spacial score (nSPS) is 12.8. The summed E-state index contributed by atoms with van der Waals surface area (Å²) in [4.78, 5) is 10.5. The van der Waals surface area contributed by atoms with E-state index in [1.165, 1.54) is 6.07 Å². The summed E-state index contributed by atoms with van der Waals surface area (Å²) in [6.07, 6.45) is 0.878. The smallest absolute Gasteiger partial charge is 0.302 e. The van der Waals surface area contributed by atoms with Gasteiger partial charge in [0.15, 0.2) is 0 Å². The molecule has 1 heterocycles. The highest BCUT2D eigenvalue weighted by Crippen LogP contribution is 2.27. The summed E-state index contributed by atoms with van der Waals surface area (Å²) in [6.45, 7) is 4.72. The van der Waals surface area contributed by atoms with Crippen molar-refractivity contribution in [3.05, 3.63) is 22.2 Å². The van der Waals surface area contributed by atoms with Crippen LogP contribution in [0.1, 0.15) is 20.3 Å². The van der Waals surface area contributed by atoms with Crippen LogP contribution in [0.2, 0.25) is 0 Å². The number of nitro benzene ring substituents is 1. The van der Waals surface area contributed by atoms with Gasteiger partial charge in [0.25, 0.3) is 0 Å². The van der Waals surface area contributed by atoms with Crippen molar-refractivity contribution in [3.8, 4) is 0 Å². The molecule has 0 spiro atoms. The number of hydrogen-bond donors (Lipinski definition) is 2. The number of nitrogens with zero attached hydrogens (tertiary/aromatic N) is 3. The van der Waals surface area contributed by atoms with Gasteiger partial charge in [-0.1, -0.05) is 13.8 Å². The van der Waals surface area contributed by atoms with E-state index in [4.69, 9.17) is 5.73 Å². The van der Waals surface area contributed by atoms with Crippen LogP contribution in [0.4, 0.5) is 11.4 Å². The van der Waals surface area contributed by atoms with E-state index >= 15 is 0 Å². The van der Waals surface area contributed by atoms with E-state index in [1.54, 1.807) is 6.07 Å². The summed E-state index contributed by atoms with van der Waals surface area (Å²) >= 11 is 0. The Bertz CT molecular complexity index is 610. The standard InChI is InChI=1S/C12H17N5O3/c1-7(2)3-8(13)6-14-9-4-10-12(16-20-15-10)11(5-9)17(18)19/h4-5,7-8,14H,3,6,13H2,1-2H3/t8-/m0/s1. The maximum absolute atomic E-state index is 11.0. The Morgan fingerprint density at radius 3 is 2.85 bits per heavy atom. The Morgan fingerprint density at radius 2 is 2.20 bits per heavy atom. The third-order valence-electron chi connectivity index (χ3n) is 2.88. The van der Waals surface area contributed by atoms with Gasteiger partial charge in [0.05, 0.1) is 4.92 Å². The molecule has 0 unspecified atom stereocenters. The fourth-order valence-electron chi connectivity index (χ4n) is 2.05. The molecule has 0 radical (unpaired) electrons. The molecule has 0 amide bonds. The molecule has 3 N–H and O–H groups in total. The van der Waals surface area contributed by atoms with E-state index in [9.17, 15) is 10.1 Å². The van der Waals surface area contributed by atoms with E-state index in [2.05, 4.69) is 34.1 Å². The predicted molar refractivity (Wildman–Crippen MR) is 74.4 cm³/mol. The lowest BCUT2D eigenvalue weighted by atomic mass is 10.0. The van der Waals surface area contributed by atoms with Crippen molar-refractivity contribution in [2.24, 2.45) is 11.7 Å². The van der Waals surface area contributed by atoms with Crippen LogP contribution in [-0.4, -0.2) is 27.8 Å². The molecule has 0 fully saturated rings. The lowest BCUT2D eigenvalue weighted by Crippen LogP contribution is -2.30. The van der Waals surface area contributed by atoms with Crippen molar-refractivity contribution < 1.29 is 9.55 Å². The number of anilines is 1. The van der Waals surface area contributed by atoms with E-state index in [0.717, 1.165) is 6.42 Å². The number of aromatic nitrogens is 2. The molecule has 0 aliphatic carbocycles. The first kappa shape index (κ1) is 14.2. The first-order valence-electron chi connectivity index (χ1n) is 6.37. The number of nitrogens with two attached hydrogens (primary N) is 1. The van der Waals surface area contributed by atoms with Crippen molar-refractivity contribution in [1.29, 1.82) is 0 Å². The zero-order chi connectivity index (χ0) is 14.7. The molecule has 0 aliphatic heterocycles. The summed E-state index contributed by atoms with van der Waals surface area (Å²) in [5.41, 5.74) is 6.91. The van der Waals surface area contributed by atoms with Gasteiger partial charge in [-0.3, -0.25) is 10.1 Å². The van der Waals surface area contributed by atoms with Crippen LogP contribution in [0.15, 0.2) is 16.8 Å². The minimum Gasteiger partial charge on any atom is -0.383 e. The summed E-state index contributed by atoms with van der Waals surface area (Å²) in [6, 6.07) is 3.05. The summed E-state index contributed by atoms with van der Waals surface area (Å²) in [5, 5.41) is 21.3. The minimum atomic E-state index is -0.508. The third kappa shape index (κ3) is 3.21. The quantitative estimate of drug-likeness (QED) is 0.612. The topological polar surface area (TPSA) is 120 Å². The van der Waals surface area contributed by atoms with Gasteiger partial charge in [-0.15, -0.1) is 0 Å². The van der Waals surface area contributed by atoms with Gasteiger partial charge >= 0.3 is 5.69 Å². The van der Waals surface area contributed by atoms with E-state index in [-0.39, 0.29) is 17.2 Å². The van der Waals surface area contributed by atoms with Gasteiger partial charge in [-0.25, -0.2) is 4.63 Å². The molecule has 0 saturated heterocycles. The average Bonchev–Trinajstić information content (AvgIpc) is 2.82. The van der Waals surface area contributed by atoms with E-state index in [1.807, 2.05) is 0 Å². The van der Waals surface area contributed by atoms with Gasteiger partial charge in [-0.2, -0.15) is 0 Å². The summed E-state index contributed by atoms with van der Waals surface area (Å²) < 4.78 is 4.53. The molecule has 0 saturated carbocycles. The second-order valence-corrected chi connectivity index (χ2v) is 5.15. The van der Waals surface area contributed by atoms with Gasteiger partial charge in [-0.05, 0) is 28.7 Å². The van der Waals surface area contributed by atoms with Crippen molar-refractivity contribution in [2.45, 2.75) is 26.3 Å². The zero-order valence-electron chi connectivity index (χ0n) is 11.4. The SMILES string of the molecule is CC(C)C[C@H](N)CNc1cc([N+](=O)[O-])c2nonc2c1. The number of nitrogens with one attached hydrogen (secondary N) is 1. The number of non-ortho nitro benzene ring substituents is 1. The van der Waals surface area contributed by atoms with Gasteiger partial charge in [0.1, 0.15) is 5.52 Å². The lowest BCUT2D eigenvalue weighted by Gasteiger charge is -2.15. The largest absolute Gasteiger partial charge is 0.383 e. The van der Waals surface area contributed by atoms with E-state index in [0.29, 0.717) is 23.7 Å². The number of fused-ring (bicyclic) bond motifs is 1. The van der Waals surface area contributed by atoms with Crippen molar-refractivity contribution >= 4 is 22.4 Å². The van der Waals surface area contributed by atoms with Crippen LogP contribution in [-0.2, 0) is 0 Å². The fourth-order valence-corrected chi connectivity index (χ4v) is 2.05. The summed E-state index contributed by atoms with van der Waals surface area (Å²) in [5.74, 6) is 0.503.